The molecule has 2 atom stereocenters. The molecule has 0 bridgehead atoms. The van der Waals surface area contributed by atoms with Crippen molar-refractivity contribution in [2.75, 3.05) is 5.75 Å². The molecule has 3 aromatic rings. The van der Waals surface area contributed by atoms with Gasteiger partial charge in [-0.1, -0.05) is 73.1 Å². The lowest BCUT2D eigenvalue weighted by molar-refractivity contribution is -0.384. The highest BCUT2D eigenvalue weighted by molar-refractivity contribution is 7.99. The van der Waals surface area contributed by atoms with E-state index < -0.39 is 11.0 Å². The van der Waals surface area contributed by atoms with Gasteiger partial charge in [0.15, 0.2) is 0 Å². The van der Waals surface area contributed by atoms with Crippen LogP contribution >= 0.6 is 23.4 Å². The van der Waals surface area contributed by atoms with Crippen molar-refractivity contribution in [1.29, 1.82) is 0 Å². The number of nitro benzene ring substituents is 1. The van der Waals surface area contributed by atoms with Gasteiger partial charge in [0.25, 0.3) is 5.69 Å². The molecule has 0 fully saturated rings. The minimum atomic E-state index is -0.699. The van der Waals surface area contributed by atoms with E-state index in [1.165, 1.54) is 23.9 Å². The van der Waals surface area contributed by atoms with Gasteiger partial charge in [-0.25, -0.2) is 0 Å². The largest absolute Gasteiger partial charge is 0.352 e. The molecule has 0 radical (unpaired) electrons. The van der Waals surface area contributed by atoms with Gasteiger partial charge >= 0.3 is 0 Å². The van der Waals surface area contributed by atoms with E-state index in [0.29, 0.717) is 17.2 Å². The second kappa shape index (κ2) is 14.5. The van der Waals surface area contributed by atoms with Crippen molar-refractivity contribution in [3.8, 4) is 0 Å². The van der Waals surface area contributed by atoms with Crippen LogP contribution in [0.15, 0.2) is 78.9 Å². The molecule has 9 heteroatoms. The molecule has 0 saturated heterocycles. The third kappa shape index (κ3) is 8.89. The Morgan fingerprint density at radius 3 is 2.21 bits per heavy atom. The first-order valence-corrected chi connectivity index (χ1v) is 14.0. The van der Waals surface area contributed by atoms with Gasteiger partial charge in [-0.2, -0.15) is 0 Å². The highest BCUT2D eigenvalue weighted by Crippen LogP contribution is 2.21. The zero-order valence-electron chi connectivity index (χ0n) is 21.5. The van der Waals surface area contributed by atoms with E-state index in [0.717, 1.165) is 23.1 Å². The number of nitro groups is 1. The van der Waals surface area contributed by atoms with Crippen LogP contribution in [-0.4, -0.2) is 39.5 Å². The third-order valence-corrected chi connectivity index (χ3v) is 7.42. The number of hydrogen-bond acceptors (Lipinski definition) is 5. The molecule has 2 amide bonds. The number of amides is 2. The summed E-state index contributed by atoms with van der Waals surface area (Å²) < 4.78 is 0. The summed E-state index contributed by atoms with van der Waals surface area (Å²) in [6.45, 7) is 4.21. The van der Waals surface area contributed by atoms with Crippen LogP contribution in [0.5, 0.6) is 0 Å². The third-order valence-electron chi connectivity index (χ3n) is 6.18. The lowest BCUT2D eigenvalue weighted by Gasteiger charge is -2.32. The summed E-state index contributed by atoms with van der Waals surface area (Å²) >= 11 is 7.48. The smallest absolute Gasteiger partial charge is 0.269 e. The van der Waals surface area contributed by atoms with Gasteiger partial charge in [0.1, 0.15) is 6.04 Å². The second-order valence-corrected chi connectivity index (χ2v) is 10.5. The van der Waals surface area contributed by atoms with Gasteiger partial charge in [0.05, 0.1) is 10.7 Å². The normalized spacial score (nSPS) is 12.4. The Bertz CT molecular complexity index is 1210. The Morgan fingerprint density at radius 2 is 1.61 bits per heavy atom. The fourth-order valence-electron chi connectivity index (χ4n) is 3.83. The van der Waals surface area contributed by atoms with Crippen LogP contribution in [0.4, 0.5) is 5.69 Å². The van der Waals surface area contributed by atoms with Gasteiger partial charge < -0.3 is 10.2 Å². The van der Waals surface area contributed by atoms with E-state index in [1.54, 1.807) is 29.2 Å². The Kier molecular flexibility index (Phi) is 11.2. The second-order valence-electron chi connectivity index (χ2n) is 9.09. The number of benzene rings is 3. The van der Waals surface area contributed by atoms with E-state index in [-0.39, 0.29) is 35.8 Å². The van der Waals surface area contributed by atoms with Crippen molar-refractivity contribution in [1.82, 2.24) is 10.2 Å². The maximum Gasteiger partial charge on any atom is 0.269 e. The molecule has 7 nitrogen and oxygen atoms in total. The molecule has 0 spiro atoms. The van der Waals surface area contributed by atoms with E-state index in [2.05, 4.69) is 5.32 Å². The Hall–Kier alpha value is -3.36. The van der Waals surface area contributed by atoms with Crippen LogP contribution < -0.4 is 5.32 Å². The maximum atomic E-state index is 13.6. The minimum Gasteiger partial charge on any atom is -0.352 e. The van der Waals surface area contributed by atoms with E-state index in [9.17, 15) is 19.7 Å². The maximum absolute atomic E-state index is 13.6. The summed E-state index contributed by atoms with van der Waals surface area (Å²) in [7, 11) is 0. The zero-order valence-corrected chi connectivity index (χ0v) is 23.1. The Balaban J connectivity index is 1.82. The number of non-ortho nitro benzene ring substituents is 1. The van der Waals surface area contributed by atoms with Gasteiger partial charge in [0, 0.05) is 41.9 Å². The summed E-state index contributed by atoms with van der Waals surface area (Å²) in [5, 5.41) is 14.6. The van der Waals surface area contributed by atoms with E-state index >= 15 is 0 Å². The first-order valence-electron chi connectivity index (χ1n) is 12.5. The van der Waals surface area contributed by atoms with Gasteiger partial charge in [-0.15, -0.1) is 11.8 Å². The van der Waals surface area contributed by atoms with Crippen LogP contribution in [-0.2, 0) is 28.3 Å². The molecule has 0 saturated carbocycles. The fourth-order valence-corrected chi connectivity index (χ4v) is 4.83. The Morgan fingerprint density at radius 1 is 0.974 bits per heavy atom. The predicted molar refractivity (Wildman–Crippen MR) is 153 cm³/mol. The predicted octanol–water partition coefficient (Wildman–Crippen LogP) is 6.04. The molecule has 0 aliphatic rings. The lowest BCUT2D eigenvalue weighted by Crippen LogP contribution is -2.52. The number of rotatable bonds is 13. The molecule has 3 rings (SSSR count). The minimum absolute atomic E-state index is 0.0234. The molecule has 0 aliphatic heterocycles. The number of thioether (sulfide) groups is 1. The number of carbonyl (C=O) groups is 2. The molecule has 0 unspecified atom stereocenters. The summed E-state index contributed by atoms with van der Waals surface area (Å²) in [5.74, 6) is 0.325. The number of halogens is 1. The van der Waals surface area contributed by atoms with Crippen LogP contribution in [0.25, 0.3) is 0 Å². The number of nitrogens with zero attached hydrogens (tertiary/aromatic N) is 2. The molecule has 0 aromatic heterocycles. The summed E-state index contributed by atoms with van der Waals surface area (Å²) in [6, 6.07) is 22.5. The number of hydrogen-bond donors (Lipinski definition) is 1. The van der Waals surface area contributed by atoms with E-state index in [4.69, 9.17) is 11.6 Å². The highest BCUT2D eigenvalue weighted by atomic mass is 35.5. The molecular weight excluding hydrogens is 522 g/mol. The first-order chi connectivity index (χ1) is 18.3. The van der Waals surface area contributed by atoms with Gasteiger partial charge in [-0.3, -0.25) is 19.7 Å². The van der Waals surface area contributed by atoms with Crippen LogP contribution in [0.2, 0.25) is 5.02 Å². The average Bonchev–Trinajstić information content (AvgIpc) is 2.92. The molecule has 200 valence electrons. The van der Waals surface area contributed by atoms with Gasteiger partial charge in [-0.05, 0) is 42.2 Å². The number of nitrogens with one attached hydrogen (secondary N) is 1. The zero-order chi connectivity index (χ0) is 27.5. The topological polar surface area (TPSA) is 92.6 Å². The van der Waals surface area contributed by atoms with Gasteiger partial charge in [0.2, 0.25) is 11.8 Å². The summed E-state index contributed by atoms with van der Waals surface area (Å²) in [4.78, 5) is 39.3. The van der Waals surface area contributed by atoms with Crippen molar-refractivity contribution < 1.29 is 14.5 Å². The van der Waals surface area contributed by atoms with Crippen LogP contribution in [0.1, 0.15) is 37.0 Å². The monoisotopic (exact) mass is 553 g/mol. The Labute approximate surface area is 232 Å². The molecule has 0 heterocycles. The van der Waals surface area contributed by atoms with Crippen molar-refractivity contribution in [2.45, 2.75) is 51.1 Å². The SMILES string of the molecule is CC[C@H](C)NC(=O)[C@@H](Cc1ccccc1)N(Cc1ccc(Cl)cc1)C(=O)CSCc1ccc([N+](=O)[O-])cc1. The first kappa shape index (κ1) is 29.2. The van der Waals surface area contributed by atoms with Crippen molar-refractivity contribution in [2.24, 2.45) is 0 Å². The van der Waals surface area contributed by atoms with Crippen molar-refractivity contribution in [3.63, 3.8) is 0 Å². The van der Waals surface area contributed by atoms with E-state index in [1.807, 2.05) is 56.3 Å². The lowest BCUT2D eigenvalue weighted by atomic mass is 10.0. The number of carbonyl (C=O) groups excluding carboxylic acids is 2. The quantitative estimate of drug-likeness (QED) is 0.206. The standard InChI is InChI=1S/C29H32ClN3O4S/c1-3-21(2)31-29(35)27(17-22-7-5-4-6-8-22)32(18-23-9-13-25(30)14-10-23)28(34)20-38-19-24-11-15-26(16-12-24)33(36)37/h4-16,21,27H,3,17-20H2,1-2H3,(H,31,35)/t21-,27+/m0/s1. The average molecular weight is 554 g/mol. The van der Waals surface area contributed by atoms with Crippen LogP contribution in [0, 0.1) is 10.1 Å². The molecule has 1 N–H and O–H groups in total. The summed E-state index contributed by atoms with van der Waals surface area (Å²) in [6.07, 6.45) is 1.16. The summed E-state index contributed by atoms with van der Waals surface area (Å²) in [5.41, 5.74) is 2.75. The van der Waals surface area contributed by atoms with Crippen molar-refractivity contribution >= 4 is 40.9 Å². The van der Waals surface area contributed by atoms with Crippen molar-refractivity contribution in [3.05, 3.63) is 111 Å². The highest BCUT2D eigenvalue weighted by Gasteiger charge is 2.30. The van der Waals surface area contributed by atoms with Crippen LogP contribution in [0.3, 0.4) is 0 Å². The molecule has 3 aromatic carbocycles. The molecule has 38 heavy (non-hydrogen) atoms. The fraction of sp³-hybridized carbons (Fsp3) is 0.310. The molecule has 0 aliphatic carbocycles. The molecular formula is C29H32ClN3O4S.